The normalized spacial score (nSPS) is 23.1. The monoisotopic (exact) mass is 878 g/mol. The zero-order valence-electron chi connectivity index (χ0n) is 35.8. The molecule has 1 aliphatic carbocycles. The molecule has 17 nitrogen and oxygen atoms in total. The summed E-state index contributed by atoms with van der Waals surface area (Å²) in [6.07, 6.45) is 7.98. The van der Waals surface area contributed by atoms with E-state index in [2.05, 4.69) is 47.4 Å². The number of halogens is 2. The van der Waals surface area contributed by atoms with Crippen molar-refractivity contribution in [3.05, 3.63) is 70.2 Å². The van der Waals surface area contributed by atoms with E-state index in [1.807, 2.05) is 24.3 Å². The first kappa shape index (κ1) is 42.0. The topological polar surface area (TPSA) is 169 Å². The second kappa shape index (κ2) is 17.2. The van der Waals surface area contributed by atoms with Crippen molar-refractivity contribution in [3.63, 3.8) is 0 Å². The standard InChI is InChI=1S/C45H52F2N12O5/c1-53-39-30(5-2-7-34(39)59(44(53)63)35-12-13-37(60)51-43(35)62)6-3-16-54-18-20-55(21-19-54)24-29-8-10-31(11-9-29)58-25-33(38(52-58)40(46)47)49-42(61)32-23-48-57-17-14-36(50-41(32)57)56-26-45(27-56)15-4-22-64-28-45/h2,5,7,14,17,23,25,29,31,35,40H,4,8-13,15-16,18-22,24,26-28H2,1H3,(H,49,61)(H,51,60,62). The first-order chi connectivity index (χ1) is 31.0. The zero-order chi connectivity index (χ0) is 44.1. The Balaban J connectivity index is 0.712. The van der Waals surface area contributed by atoms with Crippen LogP contribution in [0.2, 0.25) is 0 Å². The Kier molecular flexibility index (Phi) is 11.3. The summed E-state index contributed by atoms with van der Waals surface area (Å²) in [5.74, 6) is 6.43. The van der Waals surface area contributed by atoms with Crippen molar-refractivity contribution >= 4 is 45.9 Å². The van der Waals surface area contributed by atoms with Crippen LogP contribution in [0.1, 0.15) is 91.5 Å². The van der Waals surface area contributed by atoms with E-state index in [0.29, 0.717) is 34.7 Å². The molecule has 4 saturated heterocycles. The number of para-hydroxylation sites is 1. The van der Waals surface area contributed by atoms with E-state index in [1.165, 1.54) is 19.8 Å². The number of carbonyl (C=O) groups is 3. The van der Waals surface area contributed by atoms with Gasteiger partial charge in [0.25, 0.3) is 12.3 Å². The number of piperazine rings is 1. The van der Waals surface area contributed by atoms with Crippen LogP contribution >= 0.6 is 0 Å². The second-order valence-corrected chi connectivity index (χ2v) is 18.2. The van der Waals surface area contributed by atoms with Crippen LogP contribution < -0.4 is 21.2 Å². The van der Waals surface area contributed by atoms with Gasteiger partial charge in [-0.25, -0.2) is 23.1 Å². The number of amides is 3. The van der Waals surface area contributed by atoms with Crippen LogP contribution in [-0.2, 0) is 21.4 Å². The number of anilines is 2. The highest BCUT2D eigenvalue weighted by molar-refractivity contribution is 6.08. The average molecular weight is 879 g/mol. The van der Waals surface area contributed by atoms with Gasteiger partial charge in [0.1, 0.15) is 17.4 Å². The third-order valence-corrected chi connectivity index (χ3v) is 13.9. The van der Waals surface area contributed by atoms with Gasteiger partial charge in [-0.1, -0.05) is 17.9 Å². The van der Waals surface area contributed by atoms with Gasteiger partial charge in [-0.15, -0.1) is 0 Å². The van der Waals surface area contributed by atoms with Crippen molar-refractivity contribution in [2.75, 3.05) is 75.8 Å². The minimum absolute atomic E-state index is 0.00582. The molecule has 8 heterocycles. The van der Waals surface area contributed by atoms with Crippen molar-refractivity contribution < 1.29 is 27.9 Å². The number of aromatic nitrogens is 7. The number of hydrogen-bond acceptors (Lipinski definition) is 11. The van der Waals surface area contributed by atoms with Gasteiger partial charge in [0.15, 0.2) is 11.3 Å². The van der Waals surface area contributed by atoms with E-state index in [4.69, 9.17) is 9.72 Å². The number of imidazole rings is 1. The summed E-state index contributed by atoms with van der Waals surface area (Å²) in [7, 11) is 1.68. The molecule has 64 heavy (non-hydrogen) atoms. The van der Waals surface area contributed by atoms with Gasteiger partial charge < -0.3 is 19.9 Å². The van der Waals surface area contributed by atoms with Crippen LogP contribution in [0.25, 0.3) is 16.7 Å². The van der Waals surface area contributed by atoms with E-state index in [-0.39, 0.29) is 47.1 Å². The van der Waals surface area contributed by atoms with Crippen LogP contribution in [0.5, 0.6) is 0 Å². The number of fused-ring (bicyclic) bond motifs is 2. The van der Waals surface area contributed by atoms with E-state index in [9.17, 15) is 28.0 Å². The molecule has 336 valence electrons. The third kappa shape index (κ3) is 8.07. The van der Waals surface area contributed by atoms with Gasteiger partial charge in [0.2, 0.25) is 11.8 Å². The smallest absolute Gasteiger partial charge is 0.329 e. The minimum Gasteiger partial charge on any atom is -0.381 e. The molecule has 1 aromatic carbocycles. The number of alkyl halides is 2. The molecule has 2 N–H and O–H groups in total. The Labute approximate surface area is 367 Å². The molecular formula is C45H52F2N12O5. The largest absolute Gasteiger partial charge is 0.381 e. The molecule has 4 aromatic heterocycles. The number of imide groups is 1. The molecule has 0 bridgehead atoms. The number of nitrogens with one attached hydrogen (secondary N) is 2. The number of benzene rings is 1. The summed E-state index contributed by atoms with van der Waals surface area (Å²) in [5.41, 5.74) is 1.92. The van der Waals surface area contributed by atoms with Crippen LogP contribution in [0.3, 0.4) is 0 Å². The molecule has 5 fully saturated rings. The van der Waals surface area contributed by atoms with Crippen LogP contribution in [0.15, 0.2) is 47.7 Å². The first-order valence-electron chi connectivity index (χ1n) is 22.4. The maximum Gasteiger partial charge on any atom is 0.329 e. The highest BCUT2D eigenvalue weighted by Gasteiger charge is 2.45. The van der Waals surface area contributed by atoms with Gasteiger partial charge in [0.05, 0.1) is 47.7 Å². The van der Waals surface area contributed by atoms with Crippen molar-refractivity contribution in [1.82, 2.24) is 48.6 Å². The van der Waals surface area contributed by atoms with E-state index in [1.54, 1.807) is 24.1 Å². The fourth-order valence-electron chi connectivity index (χ4n) is 10.4. The summed E-state index contributed by atoms with van der Waals surface area (Å²) < 4.78 is 40.5. The maximum absolute atomic E-state index is 14.3. The molecule has 10 rings (SSSR count). The van der Waals surface area contributed by atoms with Crippen LogP contribution in [0.4, 0.5) is 20.3 Å². The molecule has 5 aliphatic rings. The predicted molar refractivity (Wildman–Crippen MR) is 232 cm³/mol. The number of hydrogen-bond donors (Lipinski definition) is 2. The number of ether oxygens (including phenoxy) is 1. The number of carbonyl (C=O) groups excluding carboxylic acids is 3. The molecule has 3 amide bonds. The average Bonchev–Trinajstić information content (AvgIpc) is 3.98. The van der Waals surface area contributed by atoms with E-state index < -0.39 is 30.0 Å². The van der Waals surface area contributed by atoms with Crippen LogP contribution in [-0.4, -0.2) is 127 Å². The minimum atomic E-state index is -2.86. The predicted octanol–water partition coefficient (Wildman–Crippen LogP) is 3.76. The first-order valence-corrected chi connectivity index (χ1v) is 22.4. The Morgan fingerprint density at radius 3 is 2.59 bits per heavy atom. The van der Waals surface area contributed by atoms with Gasteiger partial charge in [-0.2, -0.15) is 10.2 Å². The Morgan fingerprint density at radius 1 is 1.05 bits per heavy atom. The zero-order valence-corrected chi connectivity index (χ0v) is 35.8. The van der Waals surface area contributed by atoms with Gasteiger partial charge >= 0.3 is 5.69 Å². The number of aryl methyl sites for hydroxylation is 1. The molecule has 1 unspecified atom stereocenters. The molecule has 4 aliphatic heterocycles. The number of piperidine rings is 1. The molecular weight excluding hydrogens is 827 g/mol. The van der Waals surface area contributed by atoms with Crippen molar-refractivity contribution in [1.29, 1.82) is 0 Å². The molecule has 5 aromatic rings. The maximum atomic E-state index is 14.3. The molecule has 1 spiro atoms. The summed E-state index contributed by atoms with van der Waals surface area (Å²) in [6, 6.07) is 6.60. The SMILES string of the molecule is Cn1c(=O)n(C2CCC(=O)NC2=O)c2cccc(C#CCN3CCN(CC4CCC(n5cc(NC(=O)c6cnn7ccc(N8CC9(CCCOC9)C8)nc67)c(C(F)F)n5)CC4)CC3)c21. The van der Waals surface area contributed by atoms with Gasteiger partial charge in [-0.3, -0.25) is 38.4 Å². The molecule has 1 atom stereocenters. The lowest BCUT2D eigenvalue weighted by Gasteiger charge is -2.52. The van der Waals surface area contributed by atoms with Crippen molar-refractivity contribution in [2.45, 2.75) is 69.9 Å². The van der Waals surface area contributed by atoms with Crippen LogP contribution in [0, 0.1) is 23.2 Å². The number of rotatable bonds is 9. The fraction of sp³-hybridized carbons (Fsp3) is 0.533. The lowest BCUT2D eigenvalue weighted by Crippen LogP contribution is -2.60. The van der Waals surface area contributed by atoms with Gasteiger partial charge in [0, 0.05) is 83.7 Å². The fourth-order valence-corrected chi connectivity index (χ4v) is 10.4. The summed E-state index contributed by atoms with van der Waals surface area (Å²) in [6.45, 7) is 8.34. The third-order valence-electron chi connectivity index (χ3n) is 13.9. The van der Waals surface area contributed by atoms with Gasteiger partial charge in [-0.05, 0) is 69.1 Å². The summed E-state index contributed by atoms with van der Waals surface area (Å²) in [5, 5.41) is 13.7. The van der Waals surface area contributed by atoms with Crippen molar-refractivity contribution in [2.24, 2.45) is 18.4 Å². The lowest BCUT2D eigenvalue weighted by atomic mass is 9.75. The Bertz CT molecular complexity index is 2720. The molecule has 1 saturated carbocycles. The Hall–Kier alpha value is -5.97. The second-order valence-electron chi connectivity index (χ2n) is 18.2. The molecule has 19 heteroatoms. The van der Waals surface area contributed by atoms with E-state index >= 15 is 0 Å². The highest BCUT2D eigenvalue weighted by atomic mass is 19.3. The quantitative estimate of drug-likeness (QED) is 0.163. The number of nitrogens with zero attached hydrogens (tertiary/aromatic N) is 10. The summed E-state index contributed by atoms with van der Waals surface area (Å²) in [4.78, 5) is 63.0. The highest BCUT2D eigenvalue weighted by Crippen LogP contribution is 2.40. The molecule has 0 radical (unpaired) electrons. The van der Waals surface area contributed by atoms with Crippen molar-refractivity contribution in [3.8, 4) is 11.8 Å². The van der Waals surface area contributed by atoms with E-state index in [0.717, 1.165) is 103 Å². The summed E-state index contributed by atoms with van der Waals surface area (Å²) >= 11 is 0. The Morgan fingerprint density at radius 2 is 1.84 bits per heavy atom. The lowest BCUT2D eigenvalue weighted by molar-refractivity contribution is -0.135.